The SMILES string of the molecule is NC(=O)NC(CC(=O)OCC(=O)Nc1sc2c(c1C(N)=O)CCC2)c1cccc(Oc2ccccc2)c1. The number of carbonyl (C=O) groups excluding carboxylic acids is 4. The fraction of sp³-hybridized carbons (Fsp3) is 0.231. The lowest BCUT2D eigenvalue weighted by Crippen LogP contribution is -2.35. The minimum Gasteiger partial charge on any atom is -0.457 e. The van der Waals surface area contributed by atoms with Crippen molar-refractivity contribution in [3.8, 4) is 11.5 Å². The Morgan fingerprint density at radius 2 is 1.73 bits per heavy atom. The first-order chi connectivity index (χ1) is 17.8. The van der Waals surface area contributed by atoms with Crippen LogP contribution in [0.5, 0.6) is 11.5 Å². The number of carbonyl (C=O) groups is 4. The van der Waals surface area contributed by atoms with Crippen molar-refractivity contribution < 1.29 is 28.7 Å². The number of fused-ring (bicyclic) bond motifs is 1. The van der Waals surface area contributed by atoms with Crippen molar-refractivity contribution in [2.75, 3.05) is 11.9 Å². The van der Waals surface area contributed by atoms with E-state index in [1.807, 2.05) is 18.2 Å². The second-order valence-electron chi connectivity index (χ2n) is 8.39. The molecule has 4 amide bonds. The van der Waals surface area contributed by atoms with Crippen LogP contribution in [0.25, 0.3) is 0 Å². The maximum Gasteiger partial charge on any atom is 0.312 e. The molecule has 0 saturated carbocycles. The summed E-state index contributed by atoms with van der Waals surface area (Å²) in [6.07, 6.45) is 2.23. The van der Waals surface area contributed by atoms with Crippen molar-refractivity contribution in [3.63, 3.8) is 0 Å². The summed E-state index contributed by atoms with van der Waals surface area (Å²) in [6.45, 7) is -0.569. The number of hydrogen-bond acceptors (Lipinski definition) is 7. The summed E-state index contributed by atoms with van der Waals surface area (Å²) in [7, 11) is 0. The molecule has 1 atom stereocenters. The molecule has 0 fully saturated rings. The first-order valence-corrected chi connectivity index (χ1v) is 12.4. The summed E-state index contributed by atoms with van der Waals surface area (Å²) >= 11 is 1.31. The molecule has 0 saturated heterocycles. The molecular weight excluding hydrogens is 496 g/mol. The Balaban J connectivity index is 1.37. The number of nitrogens with one attached hydrogen (secondary N) is 2. The van der Waals surface area contributed by atoms with Crippen molar-refractivity contribution in [3.05, 3.63) is 76.2 Å². The van der Waals surface area contributed by atoms with E-state index in [-0.39, 0.29) is 6.42 Å². The van der Waals surface area contributed by atoms with E-state index in [0.29, 0.717) is 27.6 Å². The minimum atomic E-state index is -0.824. The summed E-state index contributed by atoms with van der Waals surface area (Å²) in [5.74, 6) is -0.813. The van der Waals surface area contributed by atoms with Gasteiger partial charge in [-0.3, -0.25) is 14.4 Å². The number of esters is 1. The maximum absolute atomic E-state index is 12.5. The molecule has 0 radical (unpaired) electrons. The highest BCUT2D eigenvalue weighted by Crippen LogP contribution is 2.38. The summed E-state index contributed by atoms with van der Waals surface area (Å²) in [6, 6.07) is 14.3. The topological polar surface area (TPSA) is 163 Å². The van der Waals surface area contributed by atoms with Gasteiger partial charge in [-0.2, -0.15) is 0 Å². The van der Waals surface area contributed by atoms with Gasteiger partial charge >= 0.3 is 12.0 Å². The maximum atomic E-state index is 12.5. The van der Waals surface area contributed by atoms with Gasteiger partial charge in [0, 0.05) is 4.88 Å². The van der Waals surface area contributed by atoms with Crippen LogP contribution in [0.4, 0.5) is 9.80 Å². The van der Waals surface area contributed by atoms with Crippen LogP contribution in [0.15, 0.2) is 54.6 Å². The minimum absolute atomic E-state index is 0.273. The van der Waals surface area contributed by atoms with E-state index in [9.17, 15) is 19.2 Å². The fourth-order valence-electron chi connectivity index (χ4n) is 4.13. The molecule has 11 heteroatoms. The largest absolute Gasteiger partial charge is 0.457 e. The smallest absolute Gasteiger partial charge is 0.312 e. The van der Waals surface area contributed by atoms with E-state index in [1.54, 1.807) is 36.4 Å². The van der Waals surface area contributed by atoms with Crippen LogP contribution in [0.1, 0.15) is 45.2 Å². The van der Waals surface area contributed by atoms with Crippen molar-refractivity contribution in [1.82, 2.24) is 5.32 Å². The second-order valence-corrected chi connectivity index (χ2v) is 9.49. The van der Waals surface area contributed by atoms with Gasteiger partial charge in [0.05, 0.1) is 18.0 Å². The van der Waals surface area contributed by atoms with Gasteiger partial charge in [0.2, 0.25) is 0 Å². The molecule has 37 heavy (non-hydrogen) atoms. The number of primary amides is 2. The molecule has 1 aliphatic rings. The molecule has 0 aliphatic heterocycles. The highest BCUT2D eigenvalue weighted by molar-refractivity contribution is 7.17. The van der Waals surface area contributed by atoms with E-state index in [4.69, 9.17) is 20.9 Å². The molecule has 10 nitrogen and oxygen atoms in total. The van der Waals surface area contributed by atoms with Crippen LogP contribution in [0, 0.1) is 0 Å². The average Bonchev–Trinajstić information content (AvgIpc) is 3.43. The van der Waals surface area contributed by atoms with Crippen LogP contribution in [0.2, 0.25) is 0 Å². The number of anilines is 1. The molecule has 1 heterocycles. The van der Waals surface area contributed by atoms with Crippen molar-refractivity contribution >= 4 is 40.2 Å². The Bertz CT molecular complexity index is 1320. The number of aryl methyl sites for hydroxylation is 1. The van der Waals surface area contributed by atoms with Gasteiger partial charge < -0.3 is 31.6 Å². The lowest BCUT2D eigenvalue weighted by atomic mass is 10.0. The summed E-state index contributed by atoms with van der Waals surface area (Å²) < 4.78 is 10.9. The number of benzene rings is 2. The molecule has 6 N–H and O–H groups in total. The quantitative estimate of drug-likeness (QED) is 0.298. The van der Waals surface area contributed by atoms with Crippen molar-refractivity contribution in [1.29, 1.82) is 0 Å². The number of amides is 4. The van der Waals surface area contributed by atoms with Gasteiger partial charge in [0.25, 0.3) is 11.8 Å². The number of hydrogen-bond donors (Lipinski definition) is 4. The fourth-order valence-corrected chi connectivity index (χ4v) is 5.44. The average molecular weight is 523 g/mol. The molecule has 1 aliphatic carbocycles. The van der Waals surface area contributed by atoms with Gasteiger partial charge in [0.15, 0.2) is 6.61 Å². The Kier molecular flexibility index (Phi) is 8.04. The van der Waals surface area contributed by atoms with Crippen molar-refractivity contribution in [2.24, 2.45) is 11.5 Å². The molecular formula is C26H26N4O6S. The standard InChI is InChI=1S/C26H26N4O6S/c27-24(33)23-18-10-5-11-20(18)37-25(23)30-21(31)14-35-22(32)13-19(29-26(28)34)15-6-4-9-17(12-15)36-16-7-2-1-3-8-16/h1-4,6-9,12,19H,5,10-11,13-14H2,(H2,27,33)(H,30,31)(H3,28,29,34). The number of urea groups is 1. The number of rotatable bonds is 10. The molecule has 0 bridgehead atoms. The molecule has 4 rings (SSSR count). The molecule has 0 spiro atoms. The van der Waals surface area contributed by atoms with Crippen LogP contribution in [-0.2, 0) is 27.2 Å². The Hall–Kier alpha value is -4.38. The van der Waals surface area contributed by atoms with Gasteiger partial charge in [-0.05, 0) is 54.7 Å². The van der Waals surface area contributed by atoms with Gasteiger partial charge in [-0.15, -0.1) is 11.3 Å². The summed E-state index contributed by atoms with van der Waals surface area (Å²) in [4.78, 5) is 49.5. The van der Waals surface area contributed by atoms with Crippen LogP contribution < -0.4 is 26.8 Å². The Labute approximate surface area is 216 Å². The first kappa shape index (κ1) is 25.7. The van der Waals surface area contributed by atoms with E-state index < -0.39 is 36.5 Å². The van der Waals surface area contributed by atoms with Gasteiger partial charge in [0.1, 0.15) is 16.5 Å². The lowest BCUT2D eigenvalue weighted by molar-refractivity contribution is -0.147. The predicted molar refractivity (Wildman–Crippen MR) is 137 cm³/mol. The normalized spacial score (nSPS) is 12.8. The molecule has 3 aromatic rings. The third-order valence-corrected chi connectivity index (χ3v) is 6.92. The monoisotopic (exact) mass is 522 g/mol. The summed E-state index contributed by atoms with van der Waals surface area (Å²) in [5, 5.41) is 5.50. The number of nitrogens with two attached hydrogens (primary N) is 2. The number of ether oxygens (including phenoxy) is 2. The van der Waals surface area contributed by atoms with Crippen LogP contribution in [0.3, 0.4) is 0 Å². The third-order valence-electron chi connectivity index (χ3n) is 5.71. The van der Waals surface area contributed by atoms with Crippen molar-refractivity contribution in [2.45, 2.75) is 31.7 Å². The van der Waals surface area contributed by atoms with E-state index in [1.165, 1.54) is 11.3 Å². The number of thiophene rings is 1. The predicted octanol–water partition coefficient (Wildman–Crippen LogP) is 3.41. The number of para-hydroxylation sites is 1. The van der Waals surface area contributed by atoms with Crippen LogP contribution in [-0.4, -0.2) is 30.4 Å². The van der Waals surface area contributed by atoms with Crippen LogP contribution >= 0.6 is 11.3 Å². The van der Waals surface area contributed by atoms with Gasteiger partial charge in [-0.25, -0.2) is 4.79 Å². The Morgan fingerprint density at radius 1 is 0.973 bits per heavy atom. The van der Waals surface area contributed by atoms with E-state index >= 15 is 0 Å². The zero-order valence-corrected chi connectivity index (χ0v) is 20.6. The van der Waals surface area contributed by atoms with E-state index in [0.717, 1.165) is 29.7 Å². The first-order valence-electron chi connectivity index (χ1n) is 11.6. The molecule has 192 valence electrons. The third kappa shape index (κ3) is 6.64. The molecule has 1 unspecified atom stereocenters. The summed E-state index contributed by atoms with van der Waals surface area (Å²) in [5.41, 5.74) is 12.6. The highest BCUT2D eigenvalue weighted by atomic mass is 32.1. The zero-order valence-electron chi connectivity index (χ0n) is 19.8. The molecule has 1 aromatic heterocycles. The Morgan fingerprint density at radius 3 is 2.46 bits per heavy atom. The zero-order chi connectivity index (χ0) is 26.4. The van der Waals surface area contributed by atoms with E-state index in [2.05, 4.69) is 10.6 Å². The van der Waals surface area contributed by atoms with Gasteiger partial charge in [-0.1, -0.05) is 30.3 Å². The highest BCUT2D eigenvalue weighted by Gasteiger charge is 2.26. The molecule has 2 aromatic carbocycles. The lowest BCUT2D eigenvalue weighted by Gasteiger charge is -2.18. The second kappa shape index (κ2) is 11.6.